The maximum Gasteiger partial charge on any atom is 0.248 e. The summed E-state index contributed by atoms with van der Waals surface area (Å²) >= 11 is 5.83. The minimum atomic E-state index is 0.228. The van der Waals surface area contributed by atoms with E-state index in [-0.39, 0.29) is 12.6 Å². The Morgan fingerprint density at radius 2 is 2.10 bits per heavy atom. The minimum absolute atomic E-state index is 0.228. The molecule has 1 aromatic carbocycles. The van der Waals surface area contributed by atoms with Crippen molar-refractivity contribution in [2.75, 3.05) is 0 Å². The second-order valence-corrected chi connectivity index (χ2v) is 4.96. The monoisotopic (exact) mass is 293 g/mol. The quantitative estimate of drug-likeness (QED) is 0.666. The van der Waals surface area contributed by atoms with Crippen LogP contribution in [0.25, 0.3) is 11.4 Å². The molecule has 7 heteroatoms. The van der Waals surface area contributed by atoms with Crippen LogP contribution in [0, 0.1) is 0 Å². The van der Waals surface area contributed by atoms with Crippen LogP contribution in [-0.4, -0.2) is 22.1 Å². The zero-order chi connectivity index (χ0) is 14.5. The summed E-state index contributed by atoms with van der Waals surface area (Å²) in [6.45, 7) is 4.20. The van der Waals surface area contributed by atoms with Crippen LogP contribution in [0.15, 0.2) is 33.8 Å². The summed E-state index contributed by atoms with van der Waals surface area (Å²) in [5.41, 5.74) is 6.53. The van der Waals surface area contributed by atoms with Gasteiger partial charge in [-0.1, -0.05) is 16.8 Å². The Balaban J connectivity index is 2.04. The van der Waals surface area contributed by atoms with Crippen LogP contribution in [0.4, 0.5) is 0 Å². The molecule has 0 aliphatic rings. The Labute approximate surface area is 122 Å². The van der Waals surface area contributed by atoms with Gasteiger partial charge in [0.2, 0.25) is 11.7 Å². The molecule has 3 N–H and O–H groups in total. The predicted molar refractivity (Wildman–Crippen MR) is 78.3 cm³/mol. The molecule has 1 aromatic heterocycles. The van der Waals surface area contributed by atoms with E-state index in [4.69, 9.17) is 21.9 Å². The Morgan fingerprint density at radius 3 is 2.75 bits per heavy atom. The van der Waals surface area contributed by atoms with Gasteiger partial charge in [0.05, 0.1) is 0 Å². The zero-order valence-corrected chi connectivity index (χ0v) is 12.1. The van der Waals surface area contributed by atoms with Crippen LogP contribution in [0.2, 0.25) is 5.02 Å². The summed E-state index contributed by atoms with van der Waals surface area (Å²) in [6, 6.07) is 7.43. The van der Waals surface area contributed by atoms with Gasteiger partial charge in [-0.25, -0.2) is 4.99 Å². The van der Waals surface area contributed by atoms with Crippen molar-refractivity contribution in [2.45, 2.75) is 26.4 Å². The van der Waals surface area contributed by atoms with E-state index in [2.05, 4.69) is 20.4 Å². The lowest BCUT2D eigenvalue weighted by Gasteiger charge is -2.07. The molecule has 106 valence electrons. The Bertz CT molecular complexity index is 591. The fraction of sp³-hybridized carbons (Fsp3) is 0.308. The van der Waals surface area contributed by atoms with Crippen LogP contribution in [0.5, 0.6) is 0 Å². The van der Waals surface area contributed by atoms with Crippen molar-refractivity contribution in [1.29, 1.82) is 0 Å². The molecule has 0 fully saturated rings. The highest BCUT2D eigenvalue weighted by molar-refractivity contribution is 6.30. The number of halogens is 1. The van der Waals surface area contributed by atoms with Crippen molar-refractivity contribution >= 4 is 17.6 Å². The molecule has 0 saturated heterocycles. The second-order valence-electron chi connectivity index (χ2n) is 4.52. The summed E-state index contributed by atoms with van der Waals surface area (Å²) in [4.78, 5) is 8.37. The third-order valence-corrected chi connectivity index (χ3v) is 2.64. The lowest BCUT2D eigenvalue weighted by Crippen LogP contribution is -2.36. The van der Waals surface area contributed by atoms with Crippen LogP contribution < -0.4 is 11.1 Å². The van der Waals surface area contributed by atoms with Gasteiger partial charge in [-0.15, -0.1) is 0 Å². The first-order valence-corrected chi connectivity index (χ1v) is 6.57. The molecular weight excluding hydrogens is 278 g/mol. The van der Waals surface area contributed by atoms with E-state index in [0.717, 1.165) is 5.56 Å². The van der Waals surface area contributed by atoms with Gasteiger partial charge in [0.15, 0.2) is 5.96 Å². The number of hydrogen-bond acceptors (Lipinski definition) is 4. The lowest BCUT2D eigenvalue weighted by molar-refractivity contribution is 0.380. The highest BCUT2D eigenvalue weighted by atomic mass is 35.5. The van der Waals surface area contributed by atoms with Crippen molar-refractivity contribution < 1.29 is 4.52 Å². The highest BCUT2D eigenvalue weighted by Crippen LogP contribution is 2.18. The average molecular weight is 294 g/mol. The molecular formula is C13H16ClN5O. The molecule has 0 spiro atoms. The standard InChI is InChI=1S/C13H16ClN5O/c1-8(2)17-13(15)16-7-11-18-12(19-20-11)9-3-5-10(14)6-4-9/h3-6,8H,7H2,1-2H3,(H3,15,16,17). The van der Waals surface area contributed by atoms with E-state index < -0.39 is 0 Å². The van der Waals surface area contributed by atoms with Crippen molar-refractivity contribution in [3.8, 4) is 11.4 Å². The molecule has 0 aliphatic carbocycles. The number of nitrogens with one attached hydrogen (secondary N) is 1. The maximum atomic E-state index is 5.83. The third-order valence-electron chi connectivity index (χ3n) is 2.39. The molecule has 0 unspecified atom stereocenters. The summed E-state index contributed by atoms with van der Waals surface area (Å²) in [7, 11) is 0. The molecule has 0 atom stereocenters. The summed E-state index contributed by atoms with van der Waals surface area (Å²) in [5.74, 6) is 1.26. The molecule has 0 radical (unpaired) electrons. The topological polar surface area (TPSA) is 89.3 Å². The van der Waals surface area contributed by atoms with Crippen LogP contribution in [-0.2, 0) is 6.54 Å². The number of aromatic nitrogens is 2. The minimum Gasteiger partial charge on any atom is -0.370 e. The van der Waals surface area contributed by atoms with E-state index >= 15 is 0 Å². The van der Waals surface area contributed by atoms with Crippen LogP contribution in [0.1, 0.15) is 19.7 Å². The molecule has 6 nitrogen and oxygen atoms in total. The predicted octanol–water partition coefficient (Wildman–Crippen LogP) is 2.20. The van der Waals surface area contributed by atoms with Crippen molar-refractivity contribution in [2.24, 2.45) is 10.7 Å². The number of hydrogen-bond donors (Lipinski definition) is 2. The van der Waals surface area contributed by atoms with Crippen molar-refractivity contribution in [1.82, 2.24) is 15.5 Å². The second kappa shape index (κ2) is 6.38. The number of nitrogens with two attached hydrogens (primary N) is 1. The third kappa shape index (κ3) is 3.96. The van der Waals surface area contributed by atoms with Crippen LogP contribution >= 0.6 is 11.6 Å². The molecule has 0 saturated carbocycles. The van der Waals surface area contributed by atoms with Gasteiger partial charge in [0, 0.05) is 16.6 Å². The number of aliphatic imine (C=N–C) groups is 1. The van der Waals surface area contributed by atoms with E-state index in [1.165, 1.54) is 0 Å². The van der Waals surface area contributed by atoms with Gasteiger partial charge in [0.25, 0.3) is 0 Å². The zero-order valence-electron chi connectivity index (χ0n) is 11.3. The molecule has 20 heavy (non-hydrogen) atoms. The van der Waals surface area contributed by atoms with Crippen molar-refractivity contribution in [3.05, 3.63) is 35.2 Å². The van der Waals surface area contributed by atoms with Crippen LogP contribution in [0.3, 0.4) is 0 Å². The Hall–Kier alpha value is -2.08. The van der Waals surface area contributed by atoms with Gasteiger partial charge in [0.1, 0.15) is 6.54 Å². The average Bonchev–Trinajstić information content (AvgIpc) is 2.85. The Kier molecular flexibility index (Phi) is 4.57. The number of benzene rings is 1. The van der Waals surface area contributed by atoms with E-state index in [0.29, 0.717) is 22.7 Å². The first kappa shape index (κ1) is 14.3. The smallest absolute Gasteiger partial charge is 0.248 e. The molecule has 1 heterocycles. The van der Waals surface area contributed by atoms with Gasteiger partial charge < -0.3 is 15.6 Å². The summed E-state index contributed by atoms with van der Waals surface area (Å²) < 4.78 is 5.12. The summed E-state index contributed by atoms with van der Waals surface area (Å²) in [5, 5.41) is 7.54. The van der Waals surface area contributed by atoms with E-state index in [9.17, 15) is 0 Å². The molecule has 0 bridgehead atoms. The fourth-order valence-corrected chi connectivity index (χ4v) is 1.66. The van der Waals surface area contributed by atoms with Gasteiger partial charge >= 0.3 is 0 Å². The fourth-order valence-electron chi connectivity index (χ4n) is 1.53. The highest BCUT2D eigenvalue weighted by Gasteiger charge is 2.08. The van der Waals surface area contributed by atoms with Crippen molar-refractivity contribution in [3.63, 3.8) is 0 Å². The number of nitrogens with zero attached hydrogens (tertiary/aromatic N) is 3. The maximum absolute atomic E-state index is 5.83. The SMILES string of the molecule is CC(C)NC(N)=NCc1nc(-c2ccc(Cl)cc2)no1. The van der Waals surface area contributed by atoms with Gasteiger partial charge in [-0.3, -0.25) is 0 Å². The molecule has 2 aromatic rings. The largest absolute Gasteiger partial charge is 0.370 e. The molecule has 2 rings (SSSR count). The van der Waals surface area contributed by atoms with Gasteiger partial charge in [-0.05, 0) is 38.1 Å². The molecule has 0 aliphatic heterocycles. The first-order valence-electron chi connectivity index (χ1n) is 6.19. The molecule has 0 amide bonds. The lowest BCUT2D eigenvalue weighted by atomic mass is 10.2. The number of rotatable bonds is 4. The summed E-state index contributed by atoms with van der Waals surface area (Å²) in [6.07, 6.45) is 0. The van der Waals surface area contributed by atoms with Gasteiger partial charge in [-0.2, -0.15) is 4.98 Å². The first-order chi connectivity index (χ1) is 9.54. The Morgan fingerprint density at radius 1 is 1.40 bits per heavy atom. The normalized spacial score (nSPS) is 11.9. The van der Waals surface area contributed by atoms with E-state index in [1.54, 1.807) is 12.1 Å². The van der Waals surface area contributed by atoms with E-state index in [1.807, 2.05) is 26.0 Å². The number of guanidine groups is 1.